The molecule has 0 saturated heterocycles. The second-order valence-corrected chi connectivity index (χ2v) is 8.78. The van der Waals surface area contributed by atoms with Crippen LogP contribution in [0.1, 0.15) is 36.0 Å². The molecule has 34 heavy (non-hydrogen) atoms. The molecule has 10 heteroatoms. The van der Waals surface area contributed by atoms with Gasteiger partial charge in [0.25, 0.3) is 11.6 Å². The second kappa shape index (κ2) is 9.98. The molecule has 1 fully saturated rings. The number of nitrogens with zero attached hydrogens (tertiary/aromatic N) is 4. The third-order valence-corrected chi connectivity index (χ3v) is 6.15. The zero-order valence-corrected chi connectivity index (χ0v) is 19.1. The number of amides is 1. The molecule has 0 aliphatic heterocycles. The SMILES string of the molecule is CN(C)c1nc(NC2CCC(CNC(=O)c3ccc([N+](=O)[O-])cc3F)CC2)nc2ccccc12. The molecule has 1 saturated carbocycles. The minimum absolute atomic E-state index is 0.189. The summed E-state index contributed by atoms with van der Waals surface area (Å²) in [5.41, 5.74) is 0.317. The van der Waals surface area contributed by atoms with Gasteiger partial charge in [-0.1, -0.05) is 12.1 Å². The molecular weight excluding hydrogens is 439 g/mol. The number of para-hydroxylation sites is 1. The van der Waals surface area contributed by atoms with E-state index in [1.165, 1.54) is 0 Å². The fourth-order valence-electron chi connectivity index (χ4n) is 4.29. The third-order valence-electron chi connectivity index (χ3n) is 6.15. The van der Waals surface area contributed by atoms with E-state index < -0.39 is 16.6 Å². The van der Waals surface area contributed by atoms with Crippen molar-refractivity contribution in [3.63, 3.8) is 0 Å². The summed E-state index contributed by atoms with van der Waals surface area (Å²) in [7, 11) is 3.92. The largest absolute Gasteiger partial charge is 0.362 e. The van der Waals surface area contributed by atoms with Gasteiger partial charge < -0.3 is 15.5 Å². The normalized spacial score (nSPS) is 17.9. The fourth-order valence-corrected chi connectivity index (χ4v) is 4.29. The van der Waals surface area contributed by atoms with E-state index in [9.17, 15) is 19.3 Å². The number of benzene rings is 2. The predicted molar refractivity (Wildman–Crippen MR) is 129 cm³/mol. The van der Waals surface area contributed by atoms with Crippen LogP contribution in [0.25, 0.3) is 10.9 Å². The monoisotopic (exact) mass is 466 g/mol. The van der Waals surface area contributed by atoms with E-state index in [1.54, 1.807) is 0 Å². The van der Waals surface area contributed by atoms with E-state index in [4.69, 9.17) is 4.98 Å². The molecule has 2 aromatic carbocycles. The molecule has 0 radical (unpaired) electrons. The maximum atomic E-state index is 14.1. The molecule has 9 nitrogen and oxygen atoms in total. The van der Waals surface area contributed by atoms with Crippen molar-refractivity contribution in [1.29, 1.82) is 0 Å². The molecule has 3 aromatic rings. The van der Waals surface area contributed by atoms with Crippen molar-refractivity contribution >= 4 is 34.3 Å². The van der Waals surface area contributed by atoms with Crippen molar-refractivity contribution in [2.75, 3.05) is 30.9 Å². The van der Waals surface area contributed by atoms with Gasteiger partial charge >= 0.3 is 0 Å². The molecule has 1 amide bonds. The highest BCUT2D eigenvalue weighted by Gasteiger charge is 2.24. The van der Waals surface area contributed by atoms with Crippen molar-refractivity contribution in [3.05, 3.63) is 64.0 Å². The van der Waals surface area contributed by atoms with Crippen molar-refractivity contribution < 1.29 is 14.1 Å². The Balaban J connectivity index is 1.31. The molecule has 2 N–H and O–H groups in total. The van der Waals surface area contributed by atoms with Gasteiger partial charge in [0.1, 0.15) is 11.6 Å². The molecule has 0 atom stereocenters. The van der Waals surface area contributed by atoms with Gasteiger partial charge in [0.2, 0.25) is 5.95 Å². The zero-order valence-electron chi connectivity index (χ0n) is 19.1. The molecule has 0 bridgehead atoms. The van der Waals surface area contributed by atoms with E-state index in [0.717, 1.165) is 60.6 Å². The lowest BCUT2D eigenvalue weighted by Crippen LogP contribution is -2.34. The van der Waals surface area contributed by atoms with Crippen LogP contribution in [0.4, 0.5) is 21.8 Å². The molecular formula is C24H27FN6O3. The number of halogens is 1. The average molecular weight is 467 g/mol. The molecule has 1 aliphatic carbocycles. The Morgan fingerprint density at radius 3 is 2.56 bits per heavy atom. The number of carbonyl (C=O) groups is 1. The summed E-state index contributed by atoms with van der Waals surface area (Å²) in [5, 5.41) is 18.0. The Labute approximate surface area is 196 Å². The summed E-state index contributed by atoms with van der Waals surface area (Å²) >= 11 is 0. The summed E-state index contributed by atoms with van der Waals surface area (Å²) in [6.07, 6.45) is 3.60. The topological polar surface area (TPSA) is 113 Å². The van der Waals surface area contributed by atoms with Crippen LogP contribution in [-0.2, 0) is 0 Å². The van der Waals surface area contributed by atoms with E-state index in [0.29, 0.717) is 12.5 Å². The van der Waals surface area contributed by atoms with Crippen molar-refractivity contribution in [2.45, 2.75) is 31.7 Å². The van der Waals surface area contributed by atoms with Crippen LogP contribution in [0.15, 0.2) is 42.5 Å². The number of aromatic nitrogens is 2. The molecule has 1 aliphatic rings. The number of fused-ring (bicyclic) bond motifs is 1. The van der Waals surface area contributed by atoms with Gasteiger partial charge in [-0.2, -0.15) is 4.98 Å². The smallest absolute Gasteiger partial charge is 0.272 e. The molecule has 4 rings (SSSR count). The van der Waals surface area contributed by atoms with Crippen LogP contribution in [-0.4, -0.2) is 47.5 Å². The zero-order chi connectivity index (χ0) is 24.2. The van der Waals surface area contributed by atoms with Crippen LogP contribution in [0.5, 0.6) is 0 Å². The Bertz CT molecular complexity index is 1210. The first-order chi connectivity index (χ1) is 16.3. The maximum Gasteiger partial charge on any atom is 0.272 e. The Hall–Kier alpha value is -3.82. The Morgan fingerprint density at radius 2 is 1.88 bits per heavy atom. The summed E-state index contributed by atoms with van der Waals surface area (Å²) in [4.78, 5) is 33.7. The maximum absolute atomic E-state index is 14.1. The minimum atomic E-state index is -0.896. The highest BCUT2D eigenvalue weighted by atomic mass is 19.1. The lowest BCUT2D eigenvalue weighted by Gasteiger charge is -2.29. The highest BCUT2D eigenvalue weighted by molar-refractivity contribution is 5.94. The van der Waals surface area contributed by atoms with Crippen LogP contribution in [0.2, 0.25) is 0 Å². The quantitative estimate of drug-likeness (QED) is 0.397. The first-order valence-corrected chi connectivity index (χ1v) is 11.2. The molecule has 1 heterocycles. The number of anilines is 2. The number of nitro groups is 1. The van der Waals surface area contributed by atoms with Crippen molar-refractivity contribution in [2.24, 2.45) is 5.92 Å². The predicted octanol–water partition coefficient (Wildman–Crippen LogP) is 4.14. The van der Waals surface area contributed by atoms with Gasteiger partial charge in [0, 0.05) is 38.1 Å². The fraction of sp³-hybridized carbons (Fsp3) is 0.375. The first-order valence-electron chi connectivity index (χ1n) is 11.2. The number of carbonyl (C=O) groups excluding carboxylic acids is 1. The van der Waals surface area contributed by atoms with Crippen LogP contribution < -0.4 is 15.5 Å². The number of nitro benzene ring substituents is 1. The molecule has 0 spiro atoms. The highest BCUT2D eigenvalue weighted by Crippen LogP contribution is 2.28. The summed E-state index contributed by atoms with van der Waals surface area (Å²) < 4.78 is 14.1. The Morgan fingerprint density at radius 1 is 1.15 bits per heavy atom. The van der Waals surface area contributed by atoms with E-state index in [1.807, 2.05) is 43.3 Å². The van der Waals surface area contributed by atoms with Gasteiger partial charge in [0.05, 0.1) is 22.1 Å². The molecule has 0 unspecified atom stereocenters. The summed E-state index contributed by atoms with van der Waals surface area (Å²) in [6, 6.07) is 11.2. The third kappa shape index (κ3) is 5.22. The summed E-state index contributed by atoms with van der Waals surface area (Å²) in [6.45, 7) is 0.430. The van der Waals surface area contributed by atoms with Crippen LogP contribution >= 0.6 is 0 Å². The van der Waals surface area contributed by atoms with Gasteiger partial charge in [-0.25, -0.2) is 9.37 Å². The minimum Gasteiger partial charge on any atom is -0.362 e. The van der Waals surface area contributed by atoms with Gasteiger partial charge in [-0.05, 0) is 49.8 Å². The lowest BCUT2D eigenvalue weighted by atomic mass is 9.86. The van der Waals surface area contributed by atoms with E-state index in [-0.39, 0.29) is 23.2 Å². The standard InChI is InChI=1S/C24H27FN6O3/c1-30(2)22-19-5-3-4-6-21(19)28-24(29-22)27-16-9-7-15(8-10-16)14-26-23(32)18-12-11-17(31(33)34)13-20(18)25/h3-6,11-13,15-16H,7-10,14H2,1-2H3,(H,26,32)(H,27,28,29). The summed E-state index contributed by atoms with van der Waals surface area (Å²) in [5.74, 6) is 0.286. The molecule has 1 aromatic heterocycles. The first kappa shape index (κ1) is 23.3. The van der Waals surface area contributed by atoms with Gasteiger partial charge in [-0.3, -0.25) is 14.9 Å². The number of nitrogens with one attached hydrogen (secondary N) is 2. The van der Waals surface area contributed by atoms with E-state index >= 15 is 0 Å². The number of hydrogen-bond acceptors (Lipinski definition) is 7. The van der Waals surface area contributed by atoms with Gasteiger partial charge in [-0.15, -0.1) is 0 Å². The number of rotatable bonds is 7. The van der Waals surface area contributed by atoms with Crippen LogP contribution in [0.3, 0.4) is 0 Å². The number of non-ortho nitro benzene ring substituents is 1. The van der Waals surface area contributed by atoms with Crippen molar-refractivity contribution in [1.82, 2.24) is 15.3 Å². The second-order valence-electron chi connectivity index (χ2n) is 8.78. The average Bonchev–Trinajstić information content (AvgIpc) is 2.82. The van der Waals surface area contributed by atoms with Gasteiger partial charge in [0.15, 0.2) is 0 Å². The molecule has 178 valence electrons. The number of hydrogen-bond donors (Lipinski definition) is 2. The lowest BCUT2D eigenvalue weighted by molar-refractivity contribution is -0.385. The van der Waals surface area contributed by atoms with Crippen molar-refractivity contribution in [3.8, 4) is 0 Å². The van der Waals surface area contributed by atoms with E-state index in [2.05, 4.69) is 15.6 Å². The van der Waals surface area contributed by atoms with Crippen LogP contribution in [0, 0.1) is 21.8 Å². The Kier molecular flexibility index (Phi) is 6.85.